The van der Waals surface area contributed by atoms with Crippen LogP contribution in [0.1, 0.15) is 12.5 Å². The summed E-state index contributed by atoms with van der Waals surface area (Å²) in [5, 5.41) is 7.67. The van der Waals surface area contributed by atoms with E-state index in [-0.39, 0.29) is 10.8 Å². The van der Waals surface area contributed by atoms with Crippen molar-refractivity contribution in [3.63, 3.8) is 0 Å². The second kappa shape index (κ2) is 6.80. The number of anilines is 1. The lowest BCUT2D eigenvalue weighted by Gasteiger charge is -2.15. The first-order valence-corrected chi connectivity index (χ1v) is 8.47. The fourth-order valence-corrected chi connectivity index (χ4v) is 2.43. The SMILES string of the molecule is Cc1cccc(O[C@@H](C)C(=O)Nc2ccc(S(N)(=O)=O)cc2)c1. The fraction of sp³-hybridized carbons (Fsp3) is 0.188. The third kappa shape index (κ3) is 4.80. The van der Waals surface area contributed by atoms with E-state index in [0.29, 0.717) is 11.4 Å². The molecule has 0 bridgehead atoms. The number of sulfonamides is 1. The molecule has 0 spiro atoms. The molecule has 2 aromatic rings. The zero-order valence-corrected chi connectivity index (χ0v) is 13.6. The van der Waals surface area contributed by atoms with Crippen molar-refractivity contribution in [1.82, 2.24) is 0 Å². The first kappa shape index (κ1) is 17.0. The van der Waals surface area contributed by atoms with Gasteiger partial charge in [-0.25, -0.2) is 13.6 Å². The number of carbonyl (C=O) groups excluding carboxylic acids is 1. The molecule has 0 saturated carbocycles. The van der Waals surface area contributed by atoms with E-state index >= 15 is 0 Å². The number of primary sulfonamides is 1. The maximum atomic E-state index is 12.1. The summed E-state index contributed by atoms with van der Waals surface area (Å²) in [6.45, 7) is 3.57. The second-order valence-corrected chi connectivity index (χ2v) is 6.70. The maximum absolute atomic E-state index is 12.1. The monoisotopic (exact) mass is 334 g/mol. The summed E-state index contributed by atoms with van der Waals surface area (Å²) in [6.07, 6.45) is -0.699. The van der Waals surface area contributed by atoms with Crippen molar-refractivity contribution in [2.75, 3.05) is 5.32 Å². The lowest BCUT2D eigenvalue weighted by atomic mass is 10.2. The molecule has 7 heteroatoms. The molecule has 0 aliphatic carbocycles. The number of carbonyl (C=O) groups is 1. The summed E-state index contributed by atoms with van der Waals surface area (Å²) in [5.74, 6) is 0.270. The van der Waals surface area contributed by atoms with Crippen LogP contribution in [0.2, 0.25) is 0 Å². The van der Waals surface area contributed by atoms with E-state index in [1.54, 1.807) is 13.0 Å². The number of benzene rings is 2. The van der Waals surface area contributed by atoms with Gasteiger partial charge in [-0.2, -0.15) is 0 Å². The molecular weight excluding hydrogens is 316 g/mol. The maximum Gasteiger partial charge on any atom is 0.265 e. The summed E-state index contributed by atoms with van der Waals surface area (Å²) in [7, 11) is -3.75. The molecule has 2 aromatic carbocycles. The van der Waals surface area contributed by atoms with E-state index in [0.717, 1.165) is 5.56 Å². The first-order chi connectivity index (χ1) is 10.8. The Morgan fingerprint density at radius 1 is 1.17 bits per heavy atom. The van der Waals surface area contributed by atoms with E-state index in [2.05, 4.69) is 5.32 Å². The smallest absolute Gasteiger partial charge is 0.265 e. The van der Waals surface area contributed by atoms with Gasteiger partial charge in [0.1, 0.15) is 5.75 Å². The largest absolute Gasteiger partial charge is 0.481 e. The Labute approximate surface area is 135 Å². The van der Waals surface area contributed by atoms with Crippen LogP contribution in [0.3, 0.4) is 0 Å². The lowest BCUT2D eigenvalue weighted by Crippen LogP contribution is -2.30. The van der Waals surface area contributed by atoms with Gasteiger partial charge in [-0.05, 0) is 55.8 Å². The van der Waals surface area contributed by atoms with Crippen LogP contribution in [0.4, 0.5) is 5.69 Å². The van der Waals surface area contributed by atoms with Gasteiger partial charge in [0.15, 0.2) is 6.10 Å². The molecule has 23 heavy (non-hydrogen) atoms. The zero-order valence-electron chi connectivity index (χ0n) is 12.8. The molecule has 0 unspecified atom stereocenters. The molecule has 2 rings (SSSR count). The van der Waals surface area contributed by atoms with Crippen molar-refractivity contribution < 1.29 is 17.9 Å². The Morgan fingerprint density at radius 2 is 1.83 bits per heavy atom. The number of rotatable bonds is 5. The summed E-state index contributed by atoms with van der Waals surface area (Å²) >= 11 is 0. The molecule has 6 nitrogen and oxygen atoms in total. The van der Waals surface area contributed by atoms with Crippen LogP contribution in [-0.2, 0) is 14.8 Å². The van der Waals surface area contributed by atoms with Gasteiger partial charge in [0.25, 0.3) is 5.91 Å². The minimum Gasteiger partial charge on any atom is -0.481 e. The lowest BCUT2D eigenvalue weighted by molar-refractivity contribution is -0.122. The van der Waals surface area contributed by atoms with Gasteiger partial charge in [-0.1, -0.05) is 12.1 Å². The predicted octanol–water partition coefficient (Wildman–Crippen LogP) is 2.05. The molecular formula is C16H18N2O4S. The zero-order chi connectivity index (χ0) is 17.0. The van der Waals surface area contributed by atoms with Gasteiger partial charge in [0, 0.05) is 5.69 Å². The number of ether oxygens (including phenoxy) is 1. The summed E-state index contributed by atoms with van der Waals surface area (Å²) < 4.78 is 27.9. The summed E-state index contributed by atoms with van der Waals surface area (Å²) in [5.41, 5.74) is 1.50. The van der Waals surface area contributed by atoms with Gasteiger partial charge in [-0.15, -0.1) is 0 Å². The van der Waals surface area contributed by atoms with Gasteiger partial charge in [-0.3, -0.25) is 4.79 Å². The number of aryl methyl sites for hydroxylation is 1. The molecule has 0 aromatic heterocycles. The van der Waals surface area contributed by atoms with Gasteiger partial charge in [0.2, 0.25) is 10.0 Å². The van der Waals surface area contributed by atoms with Crippen molar-refractivity contribution in [1.29, 1.82) is 0 Å². The highest BCUT2D eigenvalue weighted by Gasteiger charge is 2.15. The molecule has 3 N–H and O–H groups in total. The van der Waals surface area contributed by atoms with Crippen LogP contribution >= 0.6 is 0 Å². The standard InChI is InChI=1S/C16H18N2O4S/c1-11-4-3-5-14(10-11)22-12(2)16(19)18-13-6-8-15(9-7-13)23(17,20)21/h3-10,12H,1-2H3,(H,18,19)(H2,17,20,21)/t12-/m0/s1. The van der Waals surface area contributed by atoms with Crippen LogP contribution < -0.4 is 15.2 Å². The Morgan fingerprint density at radius 3 is 2.39 bits per heavy atom. The van der Waals surface area contributed by atoms with Crippen molar-refractivity contribution in [2.45, 2.75) is 24.8 Å². The number of hydrogen-bond donors (Lipinski definition) is 2. The Kier molecular flexibility index (Phi) is 5.02. The second-order valence-electron chi connectivity index (χ2n) is 5.14. The molecule has 0 saturated heterocycles. The minimum atomic E-state index is -3.75. The molecule has 0 fully saturated rings. The summed E-state index contributed by atoms with van der Waals surface area (Å²) in [6, 6.07) is 13.0. The van der Waals surface area contributed by atoms with E-state index in [4.69, 9.17) is 9.88 Å². The first-order valence-electron chi connectivity index (χ1n) is 6.93. The van der Waals surface area contributed by atoms with E-state index < -0.39 is 16.1 Å². The fourth-order valence-electron chi connectivity index (χ4n) is 1.92. The van der Waals surface area contributed by atoms with Crippen LogP contribution in [0, 0.1) is 6.92 Å². The Hall–Kier alpha value is -2.38. The molecule has 0 radical (unpaired) electrons. The van der Waals surface area contributed by atoms with Crippen molar-refractivity contribution in [3.8, 4) is 5.75 Å². The van der Waals surface area contributed by atoms with Crippen molar-refractivity contribution in [3.05, 3.63) is 54.1 Å². The van der Waals surface area contributed by atoms with Crippen molar-refractivity contribution in [2.24, 2.45) is 5.14 Å². The highest BCUT2D eigenvalue weighted by atomic mass is 32.2. The molecule has 1 amide bonds. The number of amides is 1. The van der Waals surface area contributed by atoms with Crippen LogP contribution in [0.15, 0.2) is 53.4 Å². The van der Waals surface area contributed by atoms with Crippen LogP contribution in [0.25, 0.3) is 0 Å². The molecule has 0 aliphatic heterocycles. The Bertz CT molecular complexity index is 801. The average molecular weight is 334 g/mol. The van der Waals surface area contributed by atoms with Gasteiger partial charge in [0.05, 0.1) is 4.90 Å². The van der Waals surface area contributed by atoms with Crippen LogP contribution in [-0.4, -0.2) is 20.4 Å². The predicted molar refractivity (Wildman–Crippen MR) is 87.7 cm³/mol. The third-order valence-electron chi connectivity index (χ3n) is 3.12. The minimum absolute atomic E-state index is 0.0143. The molecule has 1 atom stereocenters. The van der Waals surface area contributed by atoms with Gasteiger partial charge >= 0.3 is 0 Å². The van der Waals surface area contributed by atoms with Crippen molar-refractivity contribution >= 4 is 21.6 Å². The summed E-state index contributed by atoms with van der Waals surface area (Å²) in [4.78, 5) is 12.1. The normalized spacial score (nSPS) is 12.5. The quantitative estimate of drug-likeness (QED) is 0.874. The number of nitrogens with one attached hydrogen (secondary N) is 1. The van der Waals surface area contributed by atoms with E-state index in [1.807, 2.05) is 25.1 Å². The third-order valence-corrected chi connectivity index (χ3v) is 4.05. The highest BCUT2D eigenvalue weighted by molar-refractivity contribution is 7.89. The van der Waals surface area contributed by atoms with E-state index in [9.17, 15) is 13.2 Å². The van der Waals surface area contributed by atoms with Crippen LogP contribution in [0.5, 0.6) is 5.75 Å². The van der Waals surface area contributed by atoms with Gasteiger partial charge < -0.3 is 10.1 Å². The Balaban J connectivity index is 2.01. The average Bonchev–Trinajstić information content (AvgIpc) is 2.46. The number of hydrogen-bond acceptors (Lipinski definition) is 4. The molecule has 0 heterocycles. The molecule has 122 valence electrons. The van der Waals surface area contributed by atoms with E-state index in [1.165, 1.54) is 24.3 Å². The molecule has 0 aliphatic rings. The topological polar surface area (TPSA) is 98.5 Å². The highest BCUT2D eigenvalue weighted by Crippen LogP contribution is 2.16. The number of nitrogens with two attached hydrogens (primary N) is 1.